The van der Waals surface area contributed by atoms with Gasteiger partial charge in [-0.2, -0.15) is 12.6 Å². The smallest absolute Gasteiger partial charge is 0.411 e. The van der Waals surface area contributed by atoms with Crippen LogP contribution in [0.4, 0.5) is 4.79 Å². The van der Waals surface area contributed by atoms with Crippen molar-refractivity contribution in [3.63, 3.8) is 0 Å². The number of ether oxygens (including phenoxy) is 1. The molecule has 0 saturated carbocycles. The number of carbonyl (C=O) groups excluding carboxylic acids is 1. The summed E-state index contributed by atoms with van der Waals surface area (Å²) < 4.78 is 5.29. The van der Waals surface area contributed by atoms with Gasteiger partial charge >= 0.3 is 12.1 Å². The first-order valence-electron chi connectivity index (χ1n) is 6.62. The van der Waals surface area contributed by atoms with Gasteiger partial charge in [0.05, 0.1) is 0 Å². The van der Waals surface area contributed by atoms with E-state index in [0.29, 0.717) is 0 Å². The molecule has 0 bridgehead atoms. The van der Waals surface area contributed by atoms with Crippen LogP contribution in [0.3, 0.4) is 0 Å². The van der Waals surface area contributed by atoms with Crippen molar-refractivity contribution in [2.24, 2.45) is 0 Å². The van der Waals surface area contributed by atoms with Gasteiger partial charge in [0.1, 0.15) is 11.6 Å². The minimum atomic E-state index is -1.10. The Labute approximate surface area is 130 Å². The van der Waals surface area contributed by atoms with Crippen LogP contribution in [0.1, 0.15) is 26.3 Å². The van der Waals surface area contributed by atoms with E-state index < -0.39 is 23.7 Å². The number of carboxylic acid groups (broad SMARTS) is 1. The van der Waals surface area contributed by atoms with Crippen LogP contribution in [-0.4, -0.2) is 39.5 Å². The molecule has 1 aromatic carbocycles. The third kappa shape index (κ3) is 5.67. The Morgan fingerprint density at radius 2 is 1.86 bits per heavy atom. The van der Waals surface area contributed by atoms with Crippen molar-refractivity contribution in [1.29, 1.82) is 0 Å². The fraction of sp³-hybridized carbons (Fsp3) is 0.467. The summed E-state index contributed by atoms with van der Waals surface area (Å²) in [5.41, 5.74) is 0.141. The Morgan fingerprint density at radius 3 is 2.29 bits per heavy atom. The highest BCUT2D eigenvalue weighted by atomic mass is 32.1. The van der Waals surface area contributed by atoms with E-state index in [4.69, 9.17) is 4.74 Å². The van der Waals surface area contributed by atoms with E-state index >= 15 is 0 Å². The summed E-state index contributed by atoms with van der Waals surface area (Å²) in [4.78, 5) is 24.8. The first-order valence-corrected chi connectivity index (χ1v) is 7.25. The van der Waals surface area contributed by atoms with E-state index in [-0.39, 0.29) is 12.3 Å². The van der Waals surface area contributed by atoms with Gasteiger partial charge in [-0.15, -0.1) is 0 Å². The molecule has 6 heteroatoms. The number of rotatable bonds is 5. The molecule has 1 aromatic rings. The number of carboxylic acids is 1. The molecule has 0 aromatic heterocycles. The molecule has 0 aliphatic rings. The Morgan fingerprint density at radius 1 is 1.29 bits per heavy atom. The molecule has 5 nitrogen and oxygen atoms in total. The molecule has 1 unspecified atom stereocenters. The zero-order chi connectivity index (χ0) is 16.0. The summed E-state index contributed by atoms with van der Waals surface area (Å²) in [5, 5.41) is 9.27. The molecule has 1 atom stereocenters. The number of hydrogen-bond donors (Lipinski definition) is 2. The van der Waals surface area contributed by atoms with Crippen LogP contribution in [0, 0.1) is 0 Å². The fourth-order valence-electron chi connectivity index (χ4n) is 1.71. The molecule has 1 amide bonds. The second-order valence-electron chi connectivity index (χ2n) is 5.63. The summed E-state index contributed by atoms with van der Waals surface area (Å²) in [7, 11) is 0. The van der Waals surface area contributed by atoms with Crippen molar-refractivity contribution in [3.8, 4) is 0 Å². The van der Waals surface area contributed by atoms with Crippen molar-refractivity contribution >= 4 is 24.7 Å². The highest BCUT2D eigenvalue weighted by molar-refractivity contribution is 7.80. The highest BCUT2D eigenvalue weighted by Gasteiger charge is 2.32. The molecule has 0 aliphatic heterocycles. The number of benzene rings is 1. The number of amides is 1. The molecule has 0 spiro atoms. The van der Waals surface area contributed by atoms with Gasteiger partial charge < -0.3 is 9.84 Å². The Bertz CT molecular complexity index is 484. The lowest BCUT2D eigenvalue weighted by molar-refractivity contribution is -0.142. The lowest BCUT2D eigenvalue weighted by Gasteiger charge is -2.30. The third-order valence-corrected chi connectivity index (χ3v) is 3.00. The molecular formula is C15H21NO4S. The fourth-order valence-corrected chi connectivity index (χ4v) is 2.07. The monoisotopic (exact) mass is 311 g/mol. The largest absolute Gasteiger partial charge is 0.480 e. The normalized spacial score (nSPS) is 12.6. The summed E-state index contributed by atoms with van der Waals surface area (Å²) in [5.74, 6) is -1.09. The van der Waals surface area contributed by atoms with Crippen molar-refractivity contribution in [2.45, 2.75) is 39.0 Å². The van der Waals surface area contributed by atoms with E-state index in [9.17, 15) is 14.7 Å². The van der Waals surface area contributed by atoms with Gasteiger partial charge in [0.15, 0.2) is 0 Å². The highest BCUT2D eigenvalue weighted by Crippen LogP contribution is 2.16. The first-order chi connectivity index (χ1) is 9.74. The van der Waals surface area contributed by atoms with Gasteiger partial charge in [0, 0.05) is 12.3 Å². The molecule has 0 fully saturated rings. The molecule has 0 heterocycles. The van der Waals surface area contributed by atoms with E-state index in [1.807, 2.05) is 30.3 Å². The van der Waals surface area contributed by atoms with E-state index in [2.05, 4.69) is 12.6 Å². The number of thiol groups is 1. The zero-order valence-electron chi connectivity index (χ0n) is 12.4. The van der Waals surface area contributed by atoms with Crippen molar-refractivity contribution in [1.82, 2.24) is 4.90 Å². The quantitative estimate of drug-likeness (QED) is 0.821. The third-order valence-electron chi connectivity index (χ3n) is 2.66. The van der Waals surface area contributed by atoms with E-state index in [0.717, 1.165) is 5.56 Å². The maximum absolute atomic E-state index is 12.3. The van der Waals surface area contributed by atoms with Crippen molar-refractivity contribution in [2.75, 3.05) is 5.75 Å². The average molecular weight is 311 g/mol. The predicted octanol–water partition coefficient (Wildman–Crippen LogP) is 2.81. The number of aliphatic carboxylic acids is 1. The minimum Gasteiger partial charge on any atom is -0.480 e. The minimum absolute atomic E-state index is 0.0153. The molecular weight excluding hydrogens is 290 g/mol. The van der Waals surface area contributed by atoms with Crippen LogP contribution >= 0.6 is 12.6 Å². The molecule has 21 heavy (non-hydrogen) atoms. The van der Waals surface area contributed by atoms with E-state index in [1.54, 1.807) is 20.8 Å². The Balaban J connectivity index is 2.99. The number of carbonyl (C=O) groups is 2. The Kier molecular flexibility index (Phi) is 6.08. The van der Waals surface area contributed by atoms with Gasteiger partial charge in [-0.3, -0.25) is 4.90 Å². The van der Waals surface area contributed by atoms with Crippen molar-refractivity contribution < 1.29 is 19.4 Å². The van der Waals surface area contributed by atoms with E-state index in [1.165, 1.54) is 4.90 Å². The molecule has 1 rings (SSSR count). The van der Waals surface area contributed by atoms with Gasteiger partial charge in [0.25, 0.3) is 0 Å². The van der Waals surface area contributed by atoms with Crippen LogP contribution in [0.15, 0.2) is 30.3 Å². The molecule has 1 N–H and O–H groups in total. The summed E-state index contributed by atoms with van der Waals surface area (Å²) in [6.45, 7) is 5.37. The second kappa shape index (κ2) is 7.36. The molecule has 0 radical (unpaired) electrons. The second-order valence-corrected chi connectivity index (χ2v) is 6.00. The summed E-state index contributed by atoms with van der Waals surface area (Å²) >= 11 is 4.04. The van der Waals surface area contributed by atoms with Crippen LogP contribution in [-0.2, 0) is 16.1 Å². The maximum Gasteiger partial charge on any atom is 0.411 e. The zero-order valence-corrected chi connectivity index (χ0v) is 13.3. The van der Waals surface area contributed by atoms with Crippen molar-refractivity contribution in [3.05, 3.63) is 35.9 Å². The standard InChI is InChI=1S/C15H21NO4S/c1-15(2,3)20-14(19)16(12(10-21)13(17)18)9-11-7-5-4-6-8-11/h4-8,12,21H,9-10H2,1-3H3,(H,17,18). The SMILES string of the molecule is CC(C)(C)OC(=O)N(Cc1ccccc1)C(CS)C(=O)O. The molecule has 116 valence electrons. The first kappa shape index (κ1) is 17.4. The maximum atomic E-state index is 12.3. The predicted molar refractivity (Wildman–Crippen MR) is 83.5 cm³/mol. The Hall–Kier alpha value is -1.69. The van der Waals surface area contributed by atoms with Crippen LogP contribution in [0.25, 0.3) is 0 Å². The summed E-state index contributed by atoms with van der Waals surface area (Å²) in [6, 6.07) is 8.14. The van der Waals surface area contributed by atoms with Crippen LogP contribution in [0.2, 0.25) is 0 Å². The van der Waals surface area contributed by atoms with Gasteiger partial charge in [-0.05, 0) is 26.3 Å². The summed E-state index contributed by atoms with van der Waals surface area (Å²) in [6.07, 6.45) is -0.659. The van der Waals surface area contributed by atoms with Gasteiger partial charge in [-0.25, -0.2) is 9.59 Å². The number of hydrogen-bond acceptors (Lipinski definition) is 4. The average Bonchev–Trinajstić information content (AvgIpc) is 2.37. The lowest BCUT2D eigenvalue weighted by Crippen LogP contribution is -2.47. The molecule has 0 saturated heterocycles. The number of nitrogens with zero attached hydrogens (tertiary/aromatic N) is 1. The van der Waals surface area contributed by atoms with Gasteiger partial charge in [0.2, 0.25) is 0 Å². The van der Waals surface area contributed by atoms with Gasteiger partial charge in [-0.1, -0.05) is 30.3 Å². The topological polar surface area (TPSA) is 66.8 Å². The van der Waals surface area contributed by atoms with Crippen LogP contribution < -0.4 is 0 Å². The van der Waals surface area contributed by atoms with Crippen LogP contribution in [0.5, 0.6) is 0 Å². The lowest BCUT2D eigenvalue weighted by atomic mass is 10.2. The molecule has 0 aliphatic carbocycles.